The minimum atomic E-state index is 0.206. The molecule has 0 radical (unpaired) electrons. The number of nitriles is 1. The zero-order valence-corrected chi connectivity index (χ0v) is 27.3. The molecule has 4 aromatic carbocycles. The van der Waals surface area contributed by atoms with Crippen molar-refractivity contribution in [2.24, 2.45) is 4.99 Å². The Balaban J connectivity index is 1.49. The Morgan fingerprint density at radius 1 is 0.810 bits per heavy atom. The van der Waals surface area contributed by atoms with E-state index >= 15 is 0 Å². The summed E-state index contributed by atoms with van der Waals surface area (Å²) < 4.78 is 25.5. The third-order valence-corrected chi connectivity index (χ3v) is 8.09. The molecule has 5 rings (SSSR count). The van der Waals surface area contributed by atoms with E-state index < -0.39 is 0 Å². The smallest absolute Gasteiger partial charge is 0.238 e. The molecule has 0 saturated heterocycles. The van der Waals surface area contributed by atoms with Crippen molar-refractivity contribution in [2.75, 3.05) is 14.2 Å². The zero-order chi connectivity index (χ0) is 29.6. The van der Waals surface area contributed by atoms with E-state index in [2.05, 4.69) is 58.9 Å². The number of nitrogens with zero attached hydrogens (tertiary/aromatic N) is 2. The highest BCUT2D eigenvalue weighted by atomic mass is 79.9. The maximum absolute atomic E-state index is 10.2. The van der Waals surface area contributed by atoms with Crippen LogP contribution in [0.2, 0.25) is 0 Å². The summed E-state index contributed by atoms with van der Waals surface area (Å²) in [5.74, 6) is 2.85. The molecule has 210 valence electrons. The first-order chi connectivity index (χ1) is 20.4. The van der Waals surface area contributed by atoms with E-state index in [9.17, 15) is 5.26 Å². The van der Waals surface area contributed by atoms with Crippen molar-refractivity contribution < 1.29 is 18.6 Å². The zero-order valence-electron chi connectivity index (χ0n) is 22.5. The van der Waals surface area contributed by atoms with Gasteiger partial charge in [0.2, 0.25) is 5.88 Å². The van der Waals surface area contributed by atoms with Crippen molar-refractivity contribution in [1.82, 2.24) is 0 Å². The quantitative estimate of drug-likeness (QED) is 0.140. The van der Waals surface area contributed by atoms with Crippen LogP contribution in [-0.4, -0.2) is 20.4 Å². The normalized spacial score (nSPS) is 11.0. The van der Waals surface area contributed by atoms with Crippen LogP contribution in [0.3, 0.4) is 0 Å². The van der Waals surface area contributed by atoms with Gasteiger partial charge in [-0.15, -0.1) is 0 Å². The molecule has 1 heterocycles. The number of benzene rings is 4. The fourth-order valence-corrected chi connectivity index (χ4v) is 5.97. The van der Waals surface area contributed by atoms with Crippen LogP contribution in [0.4, 0.5) is 5.88 Å². The van der Waals surface area contributed by atoms with Crippen LogP contribution >= 0.6 is 47.8 Å². The number of hydrogen-bond donors (Lipinski definition) is 0. The second-order valence-electron chi connectivity index (χ2n) is 9.04. The highest BCUT2D eigenvalue weighted by Gasteiger charge is 2.23. The fraction of sp³-hybridized carbons (Fsp3) is 0.0909. The molecule has 0 atom stereocenters. The van der Waals surface area contributed by atoms with E-state index in [4.69, 9.17) is 18.6 Å². The molecule has 42 heavy (non-hydrogen) atoms. The molecule has 5 aromatic rings. The second kappa shape index (κ2) is 13.4. The van der Waals surface area contributed by atoms with Gasteiger partial charge in [-0.2, -0.15) is 5.26 Å². The molecule has 0 spiro atoms. The molecule has 0 bridgehead atoms. The molecule has 0 saturated carbocycles. The van der Waals surface area contributed by atoms with E-state index in [1.54, 1.807) is 20.4 Å². The maximum atomic E-state index is 10.2. The number of furan rings is 1. The van der Waals surface area contributed by atoms with Crippen molar-refractivity contribution in [3.63, 3.8) is 0 Å². The maximum Gasteiger partial charge on any atom is 0.238 e. The van der Waals surface area contributed by atoms with E-state index in [1.807, 2.05) is 84.9 Å². The average molecular weight is 751 g/mol. The SMILES string of the molecule is COc1ccc(-c2oc(N=Cc3cc(Br)c(OCc4ccc(Br)cc4)c(Br)c3)c(C#N)c2-c2ccc(OC)cc2)cc1. The van der Waals surface area contributed by atoms with E-state index in [-0.39, 0.29) is 5.88 Å². The summed E-state index contributed by atoms with van der Waals surface area (Å²) in [6, 6.07) is 29.0. The Bertz CT molecular complexity index is 1750. The van der Waals surface area contributed by atoms with Crippen molar-refractivity contribution in [3.8, 4) is 45.8 Å². The van der Waals surface area contributed by atoms with Crippen molar-refractivity contribution >= 4 is 59.9 Å². The van der Waals surface area contributed by atoms with Gasteiger partial charge < -0.3 is 18.6 Å². The Labute approximate surface area is 269 Å². The molecule has 9 heteroatoms. The van der Waals surface area contributed by atoms with Crippen LogP contribution in [0.1, 0.15) is 16.7 Å². The molecular formula is C33H23Br3N2O4. The lowest BCUT2D eigenvalue weighted by Crippen LogP contribution is -1.97. The highest BCUT2D eigenvalue weighted by Crippen LogP contribution is 2.43. The molecule has 0 aliphatic carbocycles. The van der Waals surface area contributed by atoms with Gasteiger partial charge in [0.15, 0.2) is 0 Å². The summed E-state index contributed by atoms with van der Waals surface area (Å²) in [5.41, 5.74) is 4.40. The van der Waals surface area contributed by atoms with Gasteiger partial charge in [0.1, 0.15) is 41.2 Å². The van der Waals surface area contributed by atoms with Crippen LogP contribution in [0.25, 0.3) is 22.5 Å². The molecule has 0 unspecified atom stereocenters. The lowest BCUT2D eigenvalue weighted by molar-refractivity contribution is 0.302. The molecule has 0 N–H and O–H groups in total. The average Bonchev–Trinajstić information content (AvgIpc) is 3.39. The largest absolute Gasteiger partial charge is 0.497 e. The molecule has 6 nitrogen and oxygen atoms in total. The Hall–Kier alpha value is -3.84. The lowest BCUT2D eigenvalue weighted by Gasteiger charge is -2.11. The Kier molecular flexibility index (Phi) is 9.48. The Morgan fingerprint density at radius 2 is 1.38 bits per heavy atom. The topological polar surface area (TPSA) is 77.0 Å². The summed E-state index contributed by atoms with van der Waals surface area (Å²) in [6.07, 6.45) is 1.66. The van der Waals surface area contributed by atoms with Gasteiger partial charge in [0.05, 0.1) is 23.2 Å². The van der Waals surface area contributed by atoms with Gasteiger partial charge >= 0.3 is 0 Å². The van der Waals surface area contributed by atoms with Gasteiger partial charge in [0.25, 0.3) is 0 Å². The molecule has 0 aliphatic heterocycles. The number of methoxy groups -OCH3 is 2. The van der Waals surface area contributed by atoms with Gasteiger partial charge in [0, 0.05) is 21.8 Å². The predicted molar refractivity (Wildman–Crippen MR) is 175 cm³/mol. The van der Waals surface area contributed by atoms with Crippen molar-refractivity contribution in [3.05, 3.63) is 115 Å². The van der Waals surface area contributed by atoms with Crippen molar-refractivity contribution in [1.29, 1.82) is 5.26 Å². The van der Waals surface area contributed by atoms with Gasteiger partial charge in [-0.3, -0.25) is 0 Å². The first-order valence-corrected chi connectivity index (χ1v) is 15.0. The van der Waals surface area contributed by atoms with Crippen LogP contribution < -0.4 is 14.2 Å². The standard InChI is InChI=1S/C33H23Br3N2O4/c1-39-25-11-5-22(6-12-25)30-27(17-37)33(42-31(30)23-7-13-26(40-2)14-8-23)38-18-21-15-28(35)32(29(36)16-21)41-19-20-3-9-24(34)10-4-20/h3-16,18H,19H2,1-2H3. The molecule has 1 aromatic heterocycles. The number of halogens is 3. The number of aliphatic imine (C=N–C) groups is 1. The molecular weight excluding hydrogens is 728 g/mol. The monoisotopic (exact) mass is 748 g/mol. The summed E-state index contributed by atoms with van der Waals surface area (Å²) in [6.45, 7) is 0.415. The predicted octanol–water partition coefficient (Wildman–Crippen LogP) is 10.1. The highest BCUT2D eigenvalue weighted by molar-refractivity contribution is 9.11. The minimum Gasteiger partial charge on any atom is -0.497 e. The van der Waals surface area contributed by atoms with Crippen LogP contribution in [0.15, 0.2) is 108 Å². The molecule has 0 amide bonds. The third kappa shape index (κ3) is 6.62. The number of ether oxygens (including phenoxy) is 3. The van der Waals surface area contributed by atoms with Crippen LogP contribution in [-0.2, 0) is 6.61 Å². The summed E-state index contributed by atoms with van der Waals surface area (Å²) in [5, 5.41) is 10.2. The fourth-order valence-electron chi connectivity index (χ4n) is 4.25. The third-order valence-electron chi connectivity index (χ3n) is 6.38. The summed E-state index contributed by atoms with van der Waals surface area (Å²) >= 11 is 10.7. The Morgan fingerprint density at radius 3 is 1.93 bits per heavy atom. The first-order valence-electron chi connectivity index (χ1n) is 12.7. The van der Waals surface area contributed by atoms with Crippen molar-refractivity contribution in [2.45, 2.75) is 6.61 Å². The van der Waals surface area contributed by atoms with Gasteiger partial charge in [-0.25, -0.2) is 4.99 Å². The van der Waals surface area contributed by atoms with E-state index in [1.165, 1.54) is 0 Å². The summed E-state index contributed by atoms with van der Waals surface area (Å²) in [7, 11) is 3.23. The second-order valence-corrected chi connectivity index (χ2v) is 11.7. The first kappa shape index (κ1) is 29.6. The van der Waals surface area contributed by atoms with E-state index in [0.717, 1.165) is 41.4 Å². The van der Waals surface area contributed by atoms with Crippen LogP contribution in [0, 0.1) is 11.3 Å². The van der Waals surface area contributed by atoms with E-state index in [0.29, 0.717) is 35.0 Å². The summed E-state index contributed by atoms with van der Waals surface area (Å²) in [4.78, 5) is 4.61. The van der Waals surface area contributed by atoms with Crippen LogP contribution in [0.5, 0.6) is 17.2 Å². The number of rotatable bonds is 9. The molecule has 0 fully saturated rings. The lowest BCUT2D eigenvalue weighted by atomic mass is 9.98. The molecule has 0 aliphatic rings. The van der Waals surface area contributed by atoms with Gasteiger partial charge in [-0.1, -0.05) is 40.2 Å². The minimum absolute atomic E-state index is 0.206. The van der Waals surface area contributed by atoms with Gasteiger partial charge in [-0.05, 0) is 109 Å². The number of hydrogen-bond acceptors (Lipinski definition) is 6.